The van der Waals surface area contributed by atoms with E-state index in [0.29, 0.717) is 24.6 Å². The Morgan fingerprint density at radius 2 is 2.11 bits per heavy atom. The van der Waals surface area contributed by atoms with Crippen LogP contribution in [-0.2, 0) is 0 Å². The predicted molar refractivity (Wildman–Crippen MR) is 68.7 cm³/mol. The van der Waals surface area contributed by atoms with Gasteiger partial charge in [0.25, 0.3) is 5.91 Å². The number of likely N-dealkylation sites (tertiary alicyclic amines) is 1. The van der Waals surface area contributed by atoms with Gasteiger partial charge in [0.1, 0.15) is 5.82 Å². The van der Waals surface area contributed by atoms with Crippen molar-refractivity contribution in [3.8, 4) is 0 Å². The van der Waals surface area contributed by atoms with Crippen molar-refractivity contribution in [3.05, 3.63) is 35.6 Å². The van der Waals surface area contributed by atoms with Gasteiger partial charge in [-0.3, -0.25) is 4.79 Å². The summed E-state index contributed by atoms with van der Waals surface area (Å²) in [6.45, 7) is 3.43. The van der Waals surface area contributed by atoms with Crippen LogP contribution in [0.2, 0.25) is 0 Å². The zero-order chi connectivity index (χ0) is 13.1. The Bertz CT molecular complexity index is 426. The molecule has 1 unspecified atom stereocenters. The highest BCUT2D eigenvalue weighted by Gasteiger charge is 2.25. The van der Waals surface area contributed by atoms with E-state index in [2.05, 4.69) is 0 Å². The van der Waals surface area contributed by atoms with E-state index in [4.69, 9.17) is 5.73 Å². The average molecular weight is 250 g/mol. The van der Waals surface area contributed by atoms with Gasteiger partial charge in [-0.05, 0) is 43.9 Å². The number of carbonyl (C=O) groups is 1. The lowest BCUT2D eigenvalue weighted by molar-refractivity contribution is 0.0680. The molecule has 1 atom stereocenters. The lowest BCUT2D eigenvalue weighted by Crippen LogP contribution is -2.42. The van der Waals surface area contributed by atoms with Crippen molar-refractivity contribution in [3.63, 3.8) is 0 Å². The summed E-state index contributed by atoms with van der Waals surface area (Å²) in [5.41, 5.74) is 6.29. The minimum Gasteiger partial charge on any atom is -0.339 e. The summed E-state index contributed by atoms with van der Waals surface area (Å²) in [5.74, 6) is 0.0329. The van der Waals surface area contributed by atoms with E-state index in [-0.39, 0.29) is 17.8 Å². The number of hydrogen-bond donors (Lipinski definition) is 1. The molecule has 1 aromatic carbocycles. The third kappa shape index (κ3) is 2.88. The van der Waals surface area contributed by atoms with E-state index in [1.165, 1.54) is 12.1 Å². The number of nitrogens with zero attached hydrogens (tertiary/aromatic N) is 1. The Labute approximate surface area is 107 Å². The van der Waals surface area contributed by atoms with Crippen molar-refractivity contribution < 1.29 is 9.18 Å². The van der Waals surface area contributed by atoms with Crippen molar-refractivity contribution in [2.24, 2.45) is 11.7 Å². The number of benzene rings is 1. The number of hydrogen-bond acceptors (Lipinski definition) is 2. The van der Waals surface area contributed by atoms with Crippen LogP contribution in [0, 0.1) is 11.7 Å². The van der Waals surface area contributed by atoms with E-state index in [1.807, 2.05) is 6.92 Å². The molecule has 2 rings (SSSR count). The van der Waals surface area contributed by atoms with E-state index < -0.39 is 0 Å². The number of piperidine rings is 1. The summed E-state index contributed by atoms with van der Waals surface area (Å²) in [6.07, 6.45) is 1.86. The van der Waals surface area contributed by atoms with Crippen LogP contribution in [0.1, 0.15) is 30.1 Å². The van der Waals surface area contributed by atoms with Gasteiger partial charge in [0.2, 0.25) is 0 Å². The number of amides is 1. The quantitative estimate of drug-likeness (QED) is 0.873. The first-order chi connectivity index (χ1) is 8.58. The average Bonchev–Trinajstić information content (AvgIpc) is 2.38. The Morgan fingerprint density at radius 1 is 1.44 bits per heavy atom. The molecule has 0 saturated carbocycles. The van der Waals surface area contributed by atoms with Crippen molar-refractivity contribution in [1.82, 2.24) is 4.90 Å². The SMILES string of the molecule is CC(N)C1CCN(C(=O)c2cccc(F)c2)CC1. The molecule has 18 heavy (non-hydrogen) atoms. The number of rotatable bonds is 2. The van der Waals surface area contributed by atoms with Gasteiger partial charge >= 0.3 is 0 Å². The molecule has 0 bridgehead atoms. The lowest BCUT2D eigenvalue weighted by Gasteiger charge is -2.33. The zero-order valence-electron chi connectivity index (χ0n) is 10.6. The fourth-order valence-electron chi connectivity index (χ4n) is 2.43. The topological polar surface area (TPSA) is 46.3 Å². The van der Waals surface area contributed by atoms with Gasteiger partial charge in [0.15, 0.2) is 0 Å². The molecule has 1 amide bonds. The lowest BCUT2D eigenvalue weighted by atomic mass is 9.90. The van der Waals surface area contributed by atoms with Crippen LogP contribution in [-0.4, -0.2) is 29.9 Å². The number of nitrogens with two attached hydrogens (primary N) is 1. The molecule has 1 saturated heterocycles. The van der Waals surface area contributed by atoms with Gasteiger partial charge in [-0.1, -0.05) is 6.07 Å². The molecule has 4 heteroatoms. The van der Waals surface area contributed by atoms with Gasteiger partial charge in [0, 0.05) is 24.7 Å². The van der Waals surface area contributed by atoms with Crippen molar-refractivity contribution in [2.45, 2.75) is 25.8 Å². The van der Waals surface area contributed by atoms with E-state index in [1.54, 1.807) is 17.0 Å². The largest absolute Gasteiger partial charge is 0.339 e. The first-order valence-corrected chi connectivity index (χ1v) is 6.38. The zero-order valence-corrected chi connectivity index (χ0v) is 10.6. The Hall–Kier alpha value is -1.42. The van der Waals surface area contributed by atoms with Crippen molar-refractivity contribution in [1.29, 1.82) is 0 Å². The molecule has 0 aromatic heterocycles. The molecule has 1 fully saturated rings. The molecule has 0 radical (unpaired) electrons. The van der Waals surface area contributed by atoms with Gasteiger partial charge in [0.05, 0.1) is 0 Å². The number of carbonyl (C=O) groups excluding carboxylic acids is 1. The molecular weight excluding hydrogens is 231 g/mol. The smallest absolute Gasteiger partial charge is 0.253 e. The predicted octanol–water partition coefficient (Wildman–Crippen LogP) is 2.03. The van der Waals surface area contributed by atoms with Gasteiger partial charge in [-0.15, -0.1) is 0 Å². The minimum atomic E-state index is -0.369. The summed E-state index contributed by atoms with van der Waals surface area (Å²) in [4.78, 5) is 13.9. The first-order valence-electron chi connectivity index (χ1n) is 6.38. The maximum Gasteiger partial charge on any atom is 0.253 e. The molecule has 2 N–H and O–H groups in total. The Balaban J connectivity index is 1.99. The molecule has 1 aliphatic rings. The second kappa shape index (κ2) is 5.48. The Kier molecular flexibility index (Phi) is 3.97. The van der Waals surface area contributed by atoms with E-state index in [9.17, 15) is 9.18 Å². The van der Waals surface area contributed by atoms with Crippen LogP contribution >= 0.6 is 0 Å². The summed E-state index contributed by atoms with van der Waals surface area (Å²) in [5, 5.41) is 0. The summed E-state index contributed by atoms with van der Waals surface area (Å²) >= 11 is 0. The molecule has 1 aliphatic heterocycles. The van der Waals surface area contributed by atoms with E-state index >= 15 is 0 Å². The van der Waals surface area contributed by atoms with Crippen LogP contribution in [0.15, 0.2) is 24.3 Å². The summed E-state index contributed by atoms with van der Waals surface area (Å²) in [6, 6.07) is 6.04. The molecule has 98 valence electrons. The van der Waals surface area contributed by atoms with Crippen molar-refractivity contribution >= 4 is 5.91 Å². The molecular formula is C14H19FN2O. The molecule has 3 nitrogen and oxygen atoms in total. The van der Waals surface area contributed by atoms with Crippen LogP contribution in [0.5, 0.6) is 0 Å². The molecule has 1 aromatic rings. The fourth-order valence-corrected chi connectivity index (χ4v) is 2.43. The Morgan fingerprint density at radius 3 is 2.67 bits per heavy atom. The van der Waals surface area contributed by atoms with Crippen LogP contribution in [0.25, 0.3) is 0 Å². The third-order valence-electron chi connectivity index (χ3n) is 3.64. The van der Waals surface area contributed by atoms with Crippen LogP contribution < -0.4 is 5.73 Å². The third-order valence-corrected chi connectivity index (χ3v) is 3.64. The minimum absolute atomic E-state index is 0.0855. The van der Waals surface area contributed by atoms with Gasteiger partial charge in [-0.2, -0.15) is 0 Å². The molecule has 0 spiro atoms. The highest BCUT2D eigenvalue weighted by Crippen LogP contribution is 2.21. The van der Waals surface area contributed by atoms with Gasteiger partial charge in [-0.25, -0.2) is 4.39 Å². The van der Waals surface area contributed by atoms with Crippen LogP contribution in [0.4, 0.5) is 4.39 Å². The normalized spacial score (nSPS) is 18.7. The molecule has 1 heterocycles. The highest BCUT2D eigenvalue weighted by atomic mass is 19.1. The second-order valence-electron chi connectivity index (χ2n) is 5.00. The fraction of sp³-hybridized carbons (Fsp3) is 0.500. The van der Waals surface area contributed by atoms with E-state index in [0.717, 1.165) is 12.8 Å². The highest BCUT2D eigenvalue weighted by molar-refractivity contribution is 5.94. The first kappa shape index (κ1) is 13.0. The standard InChI is InChI=1S/C14H19FN2O/c1-10(16)11-5-7-17(8-6-11)14(18)12-3-2-4-13(15)9-12/h2-4,9-11H,5-8,16H2,1H3. The molecule has 0 aliphatic carbocycles. The monoisotopic (exact) mass is 250 g/mol. The maximum atomic E-state index is 13.1. The van der Waals surface area contributed by atoms with Crippen molar-refractivity contribution in [2.75, 3.05) is 13.1 Å². The second-order valence-corrected chi connectivity index (χ2v) is 5.00. The summed E-state index contributed by atoms with van der Waals surface area (Å²) < 4.78 is 13.1. The van der Waals surface area contributed by atoms with Crippen LogP contribution in [0.3, 0.4) is 0 Å². The van der Waals surface area contributed by atoms with Gasteiger partial charge < -0.3 is 10.6 Å². The summed E-state index contributed by atoms with van der Waals surface area (Å²) in [7, 11) is 0. The number of halogens is 1. The maximum absolute atomic E-state index is 13.1.